The predicted molar refractivity (Wildman–Crippen MR) is 98.0 cm³/mol. The zero-order valence-electron chi connectivity index (χ0n) is 14.9. The Hall–Kier alpha value is -1.98. The van der Waals surface area contributed by atoms with Gasteiger partial charge in [0.1, 0.15) is 5.69 Å². The van der Waals surface area contributed by atoms with Crippen LogP contribution in [0, 0.1) is 5.92 Å². The Morgan fingerprint density at radius 2 is 2.15 bits per heavy atom. The van der Waals surface area contributed by atoms with E-state index in [-0.39, 0.29) is 17.6 Å². The van der Waals surface area contributed by atoms with Crippen molar-refractivity contribution in [1.29, 1.82) is 0 Å². The van der Waals surface area contributed by atoms with E-state index in [0.29, 0.717) is 18.8 Å². The second-order valence-electron chi connectivity index (χ2n) is 7.96. The van der Waals surface area contributed by atoms with Gasteiger partial charge >= 0.3 is 0 Å². The molecule has 0 N–H and O–H groups in total. The van der Waals surface area contributed by atoms with Crippen molar-refractivity contribution in [2.45, 2.75) is 37.4 Å². The highest BCUT2D eigenvalue weighted by molar-refractivity contribution is 5.95. The van der Waals surface area contributed by atoms with E-state index >= 15 is 0 Å². The molecule has 2 aliphatic heterocycles. The molecule has 5 rings (SSSR count). The number of rotatable bonds is 4. The first-order valence-electron chi connectivity index (χ1n) is 9.61. The standard InChI is InChI=1S/C21H24N2O3/c24-20(19-8-7-16-3-1-2-4-18(16)22-19)23-10-9-21(14-23)11-17(13-26-21)25-12-15-5-6-15/h1-4,7-8,15,17H,5-6,9-14H2/t17-,21-/m0/s1. The van der Waals surface area contributed by atoms with Crippen LogP contribution in [0.4, 0.5) is 0 Å². The average molecular weight is 352 g/mol. The number of likely N-dealkylation sites (tertiary alicyclic amines) is 1. The molecular weight excluding hydrogens is 328 g/mol. The number of pyridine rings is 1. The second-order valence-corrected chi connectivity index (χ2v) is 7.96. The Balaban J connectivity index is 1.25. The molecule has 2 saturated heterocycles. The van der Waals surface area contributed by atoms with Crippen molar-refractivity contribution in [1.82, 2.24) is 9.88 Å². The smallest absolute Gasteiger partial charge is 0.272 e. The van der Waals surface area contributed by atoms with Crippen molar-refractivity contribution in [3.05, 3.63) is 42.1 Å². The lowest BCUT2D eigenvalue weighted by atomic mass is 9.98. The Morgan fingerprint density at radius 3 is 3.04 bits per heavy atom. The summed E-state index contributed by atoms with van der Waals surface area (Å²) in [5.74, 6) is 0.769. The third kappa shape index (κ3) is 3.10. The normalized spacial score (nSPS) is 28.3. The highest BCUT2D eigenvalue weighted by Gasteiger charge is 2.47. The minimum Gasteiger partial charge on any atom is -0.375 e. The molecule has 5 heteroatoms. The summed E-state index contributed by atoms with van der Waals surface area (Å²) in [7, 11) is 0. The number of fused-ring (bicyclic) bond motifs is 1. The van der Waals surface area contributed by atoms with Crippen molar-refractivity contribution < 1.29 is 14.3 Å². The van der Waals surface area contributed by atoms with E-state index in [0.717, 1.165) is 42.8 Å². The molecule has 3 aliphatic rings. The molecule has 5 nitrogen and oxygen atoms in total. The first-order chi connectivity index (χ1) is 12.7. The maximum atomic E-state index is 12.9. The molecule has 1 aliphatic carbocycles. The quantitative estimate of drug-likeness (QED) is 0.849. The summed E-state index contributed by atoms with van der Waals surface area (Å²) in [6.07, 6.45) is 4.58. The average Bonchev–Trinajstić information content (AvgIpc) is 3.30. The monoisotopic (exact) mass is 352 g/mol. The molecule has 0 radical (unpaired) electrons. The molecule has 1 saturated carbocycles. The second kappa shape index (κ2) is 6.32. The molecule has 26 heavy (non-hydrogen) atoms. The first-order valence-corrected chi connectivity index (χ1v) is 9.61. The Kier molecular flexibility index (Phi) is 3.94. The van der Waals surface area contributed by atoms with Crippen LogP contribution in [0.5, 0.6) is 0 Å². The number of hydrogen-bond acceptors (Lipinski definition) is 4. The van der Waals surface area contributed by atoms with Crippen molar-refractivity contribution >= 4 is 16.8 Å². The van der Waals surface area contributed by atoms with Gasteiger partial charge in [0.15, 0.2) is 0 Å². The van der Waals surface area contributed by atoms with Gasteiger partial charge in [0.05, 0.1) is 30.4 Å². The first kappa shape index (κ1) is 16.2. The number of benzene rings is 1. The van der Waals surface area contributed by atoms with E-state index in [1.807, 2.05) is 41.3 Å². The summed E-state index contributed by atoms with van der Waals surface area (Å²) >= 11 is 0. The molecule has 136 valence electrons. The van der Waals surface area contributed by atoms with Crippen LogP contribution in [0.15, 0.2) is 36.4 Å². The van der Waals surface area contributed by atoms with Gasteiger partial charge in [0.2, 0.25) is 0 Å². The molecular formula is C21H24N2O3. The number of hydrogen-bond donors (Lipinski definition) is 0. The zero-order chi connectivity index (χ0) is 17.6. The number of carbonyl (C=O) groups excluding carboxylic acids is 1. The molecule has 3 fully saturated rings. The van der Waals surface area contributed by atoms with Crippen molar-refractivity contribution in [2.24, 2.45) is 5.92 Å². The van der Waals surface area contributed by atoms with Crippen LogP contribution in [-0.4, -0.2) is 53.8 Å². The van der Waals surface area contributed by atoms with E-state index < -0.39 is 0 Å². The van der Waals surface area contributed by atoms with E-state index in [1.165, 1.54) is 12.8 Å². The number of aromatic nitrogens is 1. The summed E-state index contributed by atoms with van der Waals surface area (Å²) in [4.78, 5) is 19.4. The van der Waals surface area contributed by atoms with Gasteiger partial charge in [0.25, 0.3) is 5.91 Å². The Bertz CT molecular complexity index is 835. The molecule has 2 aromatic rings. The number of amides is 1. The number of para-hydroxylation sites is 1. The minimum atomic E-state index is -0.222. The summed E-state index contributed by atoms with van der Waals surface area (Å²) in [5, 5.41) is 1.05. The number of carbonyl (C=O) groups is 1. The van der Waals surface area contributed by atoms with Gasteiger partial charge in [-0.2, -0.15) is 0 Å². The van der Waals surface area contributed by atoms with E-state index in [9.17, 15) is 4.79 Å². The maximum Gasteiger partial charge on any atom is 0.272 e. The molecule has 3 heterocycles. The molecule has 1 spiro atoms. The summed E-state index contributed by atoms with van der Waals surface area (Å²) in [5.41, 5.74) is 1.15. The van der Waals surface area contributed by atoms with Gasteiger partial charge in [-0.05, 0) is 37.3 Å². The lowest BCUT2D eigenvalue weighted by molar-refractivity contribution is 0.00153. The fourth-order valence-corrected chi connectivity index (χ4v) is 4.12. The Labute approximate surface area is 153 Å². The van der Waals surface area contributed by atoms with Crippen LogP contribution >= 0.6 is 0 Å². The predicted octanol–water partition coefficient (Wildman–Crippen LogP) is 3.04. The van der Waals surface area contributed by atoms with Crippen molar-refractivity contribution in [2.75, 3.05) is 26.3 Å². The third-order valence-electron chi connectivity index (χ3n) is 5.86. The summed E-state index contributed by atoms with van der Waals surface area (Å²) in [6.45, 7) is 2.89. The van der Waals surface area contributed by atoms with Crippen LogP contribution in [0.2, 0.25) is 0 Å². The van der Waals surface area contributed by atoms with Crippen LogP contribution in [0.3, 0.4) is 0 Å². The van der Waals surface area contributed by atoms with Crippen LogP contribution in [0.25, 0.3) is 10.9 Å². The van der Waals surface area contributed by atoms with Gasteiger partial charge in [-0.15, -0.1) is 0 Å². The fourth-order valence-electron chi connectivity index (χ4n) is 4.12. The highest BCUT2D eigenvalue weighted by Crippen LogP contribution is 2.38. The molecule has 1 aromatic heterocycles. The van der Waals surface area contributed by atoms with E-state index in [4.69, 9.17) is 9.47 Å². The molecule has 1 aromatic carbocycles. The topological polar surface area (TPSA) is 51.7 Å². The van der Waals surface area contributed by atoms with Crippen LogP contribution in [-0.2, 0) is 9.47 Å². The summed E-state index contributed by atoms with van der Waals surface area (Å²) < 4.78 is 12.1. The van der Waals surface area contributed by atoms with Gasteiger partial charge < -0.3 is 14.4 Å². The highest BCUT2D eigenvalue weighted by atomic mass is 16.6. The lowest BCUT2D eigenvalue weighted by Gasteiger charge is -2.23. The molecule has 0 bridgehead atoms. The third-order valence-corrected chi connectivity index (χ3v) is 5.86. The SMILES string of the molecule is O=C(c1ccc2ccccc2n1)N1CC[C@]2(C[C@H](OCC3CC3)CO2)C1. The van der Waals surface area contributed by atoms with Gasteiger partial charge in [0, 0.05) is 25.0 Å². The summed E-state index contributed by atoms with van der Waals surface area (Å²) in [6, 6.07) is 11.7. The largest absolute Gasteiger partial charge is 0.375 e. The zero-order valence-corrected chi connectivity index (χ0v) is 14.9. The van der Waals surface area contributed by atoms with E-state index in [2.05, 4.69) is 4.98 Å². The fraction of sp³-hybridized carbons (Fsp3) is 0.524. The Morgan fingerprint density at radius 1 is 1.27 bits per heavy atom. The van der Waals surface area contributed by atoms with Gasteiger partial charge in [-0.3, -0.25) is 4.79 Å². The molecule has 2 atom stereocenters. The molecule has 0 unspecified atom stereocenters. The molecule has 1 amide bonds. The maximum absolute atomic E-state index is 12.9. The van der Waals surface area contributed by atoms with Gasteiger partial charge in [-0.1, -0.05) is 24.3 Å². The van der Waals surface area contributed by atoms with Crippen molar-refractivity contribution in [3.63, 3.8) is 0 Å². The minimum absolute atomic E-state index is 0.00132. The van der Waals surface area contributed by atoms with Crippen LogP contribution in [0.1, 0.15) is 36.2 Å². The number of nitrogens with zero attached hydrogens (tertiary/aromatic N) is 2. The van der Waals surface area contributed by atoms with E-state index in [1.54, 1.807) is 0 Å². The van der Waals surface area contributed by atoms with Crippen molar-refractivity contribution in [3.8, 4) is 0 Å². The van der Waals surface area contributed by atoms with Crippen LogP contribution < -0.4 is 0 Å². The lowest BCUT2D eigenvalue weighted by Crippen LogP contribution is -2.36. The van der Waals surface area contributed by atoms with Gasteiger partial charge in [-0.25, -0.2) is 4.98 Å². The number of ether oxygens (including phenoxy) is 2.